The molecular formula is C14H20N4O2. The lowest BCUT2D eigenvalue weighted by Gasteiger charge is -2.13. The van der Waals surface area contributed by atoms with Crippen molar-refractivity contribution >= 4 is 5.69 Å². The predicted octanol–water partition coefficient (Wildman–Crippen LogP) is 2.22. The molecule has 0 fully saturated rings. The Morgan fingerprint density at radius 1 is 1.15 bits per heavy atom. The van der Waals surface area contributed by atoms with Gasteiger partial charge in [-0.1, -0.05) is 0 Å². The van der Waals surface area contributed by atoms with Gasteiger partial charge >= 0.3 is 0 Å². The van der Waals surface area contributed by atoms with Gasteiger partial charge in [0, 0.05) is 18.8 Å². The second-order valence-corrected chi connectivity index (χ2v) is 4.24. The van der Waals surface area contributed by atoms with Gasteiger partial charge in [0.15, 0.2) is 17.3 Å². The summed E-state index contributed by atoms with van der Waals surface area (Å²) in [7, 11) is 1.92. The highest BCUT2D eigenvalue weighted by atomic mass is 16.5. The Kier molecular flexibility index (Phi) is 4.81. The Labute approximate surface area is 118 Å². The number of nitrogens with zero attached hydrogens (tertiary/aromatic N) is 3. The summed E-state index contributed by atoms with van der Waals surface area (Å²) in [5, 5.41) is 11.2. The maximum Gasteiger partial charge on any atom is 0.163 e. The highest BCUT2D eigenvalue weighted by molar-refractivity contribution is 5.54. The maximum absolute atomic E-state index is 5.59. The van der Waals surface area contributed by atoms with Crippen molar-refractivity contribution in [3.8, 4) is 11.5 Å². The van der Waals surface area contributed by atoms with Crippen molar-refractivity contribution in [2.45, 2.75) is 20.4 Å². The molecule has 0 bridgehead atoms. The first-order valence-corrected chi connectivity index (χ1v) is 6.71. The van der Waals surface area contributed by atoms with Crippen LogP contribution in [0, 0.1) is 0 Å². The molecule has 0 aliphatic heterocycles. The van der Waals surface area contributed by atoms with Crippen molar-refractivity contribution in [1.29, 1.82) is 0 Å². The van der Waals surface area contributed by atoms with Gasteiger partial charge in [-0.25, -0.2) is 0 Å². The number of rotatable bonds is 7. The summed E-state index contributed by atoms with van der Waals surface area (Å²) < 4.78 is 13.0. The van der Waals surface area contributed by atoms with Crippen LogP contribution in [0.5, 0.6) is 11.5 Å². The van der Waals surface area contributed by atoms with Gasteiger partial charge in [0.2, 0.25) is 0 Å². The zero-order valence-electron chi connectivity index (χ0n) is 12.1. The Bertz CT molecular complexity index is 554. The van der Waals surface area contributed by atoms with E-state index in [1.807, 2.05) is 43.7 Å². The standard InChI is InChI=1S/C14H20N4O2/c1-4-19-12-7-6-11(8-13(12)20-5-2)15-9-14-17-16-10-18(14)3/h6-8,10,15H,4-5,9H2,1-3H3. The molecule has 1 aromatic heterocycles. The van der Waals surface area contributed by atoms with E-state index >= 15 is 0 Å². The smallest absolute Gasteiger partial charge is 0.163 e. The van der Waals surface area contributed by atoms with Crippen molar-refractivity contribution in [1.82, 2.24) is 14.8 Å². The fourth-order valence-corrected chi connectivity index (χ4v) is 1.81. The van der Waals surface area contributed by atoms with E-state index in [1.54, 1.807) is 6.33 Å². The SMILES string of the molecule is CCOc1ccc(NCc2nncn2C)cc1OCC. The van der Waals surface area contributed by atoms with Gasteiger partial charge in [-0.2, -0.15) is 0 Å². The molecule has 0 unspecified atom stereocenters. The number of aromatic nitrogens is 3. The van der Waals surface area contributed by atoms with Crippen LogP contribution in [0.2, 0.25) is 0 Å². The molecule has 0 aliphatic rings. The molecule has 108 valence electrons. The van der Waals surface area contributed by atoms with Gasteiger partial charge in [-0.15, -0.1) is 10.2 Å². The summed E-state index contributed by atoms with van der Waals surface area (Å²) in [6, 6.07) is 5.81. The quantitative estimate of drug-likeness (QED) is 0.840. The number of ether oxygens (including phenoxy) is 2. The highest BCUT2D eigenvalue weighted by Gasteiger charge is 2.07. The number of hydrogen-bond donors (Lipinski definition) is 1. The van der Waals surface area contributed by atoms with Crippen molar-refractivity contribution < 1.29 is 9.47 Å². The van der Waals surface area contributed by atoms with Gasteiger partial charge in [0.1, 0.15) is 6.33 Å². The third-order valence-electron chi connectivity index (χ3n) is 2.80. The first-order chi connectivity index (χ1) is 9.74. The lowest BCUT2D eigenvalue weighted by molar-refractivity contribution is 0.288. The van der Waals surface area contributed by atoms with Crippen molar-refractivity contribution in [2.75, 3.05) is 18.5 Å². The number of hydrogen-bond acceptors (Lipinski definition) is 5. The molecule has 0 amide bonds. The topological polar surface area (TPSA) is 61.2 Å². The molecule has 0 atom stereocenters. The van der Waals surface area contributed by atoms with E-state index in [4.69, 9.17) is 9.47 Å². The van der Waals surface area contributed by atoms with E-state index in [-0.39, 0.29) is 0 Å². The number of nitrogens with one attached hydrogen (secondary N) is 1. The van der Waals surface area contributed by atoms with Gasteiger partial charge in [0.05, 0.1) is 19.8 Å². The molecule has 2 rings (SSSR count). The fraction of sp³-hybridized carbons (Fsp3) is 0.429. The van der Waals surface area contributed by atoms with Crippen LogP contribution in [0.15, 0.2) is 24.5 Å². The van der Waals surface area contributed by atoms with Crippen LogP contribution in [0.3, 0.4) is 0 Å². The van der Waals surface area contributed by atoms with Gasteiger partial charge in [-0.05, 0) is 26.0 Å². The second kappa shape index (κ2) is 6.79. The summed E-state index contributed by atoms with van der Waals surface area (Å²) in [5.74, 6) is 2.38. The number of benzene rings is 1. The molecule has 20 heavy (non-hydrogen) atoms. The number of anilines is 1. The minimum atomic E-state index is 0.604. The molecule has 6 nitrogen and oxygen atoms in total. The Morgan fingerprint density at radius 3 is 2.55 bits per heavy atom. The normalized spacial score (nSPS) is 10.3. The van der Waals surface area contributed by atoms with Crippen LogP contribution in [0.25, 0.3) is 0 Å². The van der Waals surface area contributed by atoms with Gasteiger partial charge in [0.25, 0.3) is 0 Å². The van der Waals surface area contributed by atoms with Crippen LogP contribution in [-0.2, 0) is 13.6 Å². The Morgan fingerprint density at radius 2 is 1.90 bits per heavy atom. The van der Waals surface area contributed by atoms with E-state index in [0.29, 0.717) is 19.8 Å². The monoisotopic (exact) mass is 276 g/mol. The average Bonchev–Trinajstić information content (AvgIpc) is 2.85. The lowest BCUT2D eigenvalue weighted by Crippen LogP contribution is -2.06. The first kappa shape index (κ1) is 14.2. The zero-order valence-corrected chi connectivity index (χ0v) is 12.1. The van der Waals surface area contributed by atoms with E-state index in [0.717, 1.165) is 23.0 Å². The van der Waals surface area contributed by atoms with Crippen LogP contribution < -0.4 is 14.8 Å². The largest absolute Gasteiger partial charge is 0.490 e. The van der Waals surface area contributed by atoms with Gasteiger partial charge < -0.3 is 19.4 Å². The molecule has 0 spiro atoms. The molecule has 0 saturated heterocycles. The summed E-state index contributed by atoms with van der Waals surface area (Å²) in [5.41, 5.74) is 0.958. The molecule has 0 saturated carbocycles. The van der Waals surface area contributed by atoms with Crippen molar-refractivity contribution in [2.24, 2.45) is 7.05 Å². The lowest BCUT2D eigenvalue weighted by atomic mass is 10.2. The van der Waals surface area contributed by atoms with Gasteiger partial charge in [-0.3, -0.25) is 0 Å². The zero-order chi connectivity index (χ0) is 14.4. The minimum absolute atomic E-state index is 0.604. The summed E-state index contributed by atoms with van der Waals surface area (Å²) >= 11 is 0. The summed E-state index contributed by atoms with van der Waals surface area (Å²) in [6.45, 7) is 5.74. The summed E-state index contributed by atoms with van der Waals surface area (Å²) in [4.78, 5) is 0. The highest BCUT2D eigenvalue weighted by Crippen LogP contribution is 2.30. The van der Waals surface area contributed by atoms with Crippen molar-refractivity contribution in [3.63, 3.8) is 0 Å². The van der Waals surface area contributed by atoms with E-state index in [9.17, 15) is 0 Å². The van der Waals surface area contributed by atoms with Crippen molar-refractivity contribution in [3.05, 3.63) is 30.4 Å². The number of aryl methyl sites for hydroxylation is 1. The third-order valence-corrected chi connectivity index (χ3v) is 2.80. The molecule has 0 aliphatic carbocycles. The molecule has 6 heteroatoms. The Balaban J connectivity index is 2.08. The first-order valence-electron chi connectivity index (χ1n) is 6.71. The third kappa shape index (κ3) is 3.40. The average molecular weight is 276 g/mol. The van der Waals surface area contributed by atoms with Crippen LogP contribution >= 0.6 is 0 Å². The predicted molar refractivity (Wildman–Crippen MR) is 77.1 cm³/mol. The van der Waals surface area contributed by atoms with Crippen LogP contribution in [0.4, 0.5) is 5.69 Å². The van der Waals surface area contributed by atoms with Crippen LogP contribution in [0.1, 0.15) is 19.7 Å². The molecule has 1 N–H and O–H groups in total. The second-order valence-electron chi connectivity index (χ2n) is 4.24. The molecular weight excluding hydrogens is 256 g/mol. The maximum atomic E-state index is 5.59. The van der Waals surface area contributed by atoms with E-state index in [2.05, 4.69) is 15.5 Å². The summed E-state index contributed by atoms with van der Waals surface area (Å²) in [6.07, 6.45) is 1.68. The molecule has 1 heterocycles. The molecule has 1 aromatic carbocycles. The molecule has 2 aromatic rings. The van der Waals surface area contributed by atoms with Crippen LogP contribution in [-0.4, -0.2) is 28.0 Å². The van der Waals surface area contributed by atoms with E-state index in [1.165, 1.54) is 0 Å². The fourth-order valence-electron chi connectivity index (χ4n) is 1.81. The Hall–Kier alpha value is -2.24. The molecule has 0 radical (unpaired) electrons. The van der Waals surface area contributed by atoms with E-state index < -0.39 is 0 Å². The minimum Gasteiger partial charge on any atom is -0.490 e.